The van der Waals surface area contributed by atoms with Crippen LogP contribution in [0.4, 0.5) is 9.93 Å². The number of hydrogen-bond donors (Lipinski definition) is 2. The number of benzene rings is 2. The van der Waals surface area contributed by atoms with Crippen molar-refractivity contribution in [2.24, 2.45) is 0 Å². The Hall–Kier alpha value is -3.33. The SMILES string of the molecule is CCCCc1nnc(NC(=O)CN2C(=O)NC(C)(c3ccc4ccccc4c3)C2=O)s1. The maximum Gasteiger partial charge on any atom is 0.325 e. The van der Waals surface area contributed by atoms with Crippen molar-refractivity contribution in [3.8, 4) is 0 Å². The molecule has 0 spiro atoms. The number of nitrogens with one attached hydrogen (secondary N) is 2. The van der Waals surface area contributed by atoms with Gasteiger partial charge in [-0.3, -0.25) is 19.8 Å². The molecule has 3 aromatic rings. The smallest absolute Gasteiger partial charge is 0.319 e. The largest absolute Gasteiger partial charge is 0.325 e. The van der Waals surface area contributed by atoms with Gasteiger partial charge in [-0.1, -0.05) is 61.1 Å². The van der Waals surface area contributed by atoms with Gasteiger partial charge in [0.05, 0.1) is 0 Å². The van der Waals surface area contributed by atoms with Gasteiger partial charge in [0, 0.05) is 6.42 Å². The summed E-state index contributed by atoms with van der Waals surface area (Å²) in [4.78, 5) is 39.1. The lowest BCUT2D eigenvalue weighted by molar-refractivity contribution is -0.133. The second-order valence-electron chi connectivity index (χ2n) is 7.66. The van der Waals surface area contributed by atoms with Gasteiger partial charge >= 0.3 is 6.03 Å². The minimum Gasteiger partial charge on any atom is -0.319 e. The van der Waals surface area contributed by atoms with Crippen LogP contribution in [-0.2, 0) is 21.5 Å². The maximum atomic E-state index is 13.1. The van der Waals surface area contributed by atoms with E-state index in [0.717, 1.165) is 39.9 Å². The molecule has 0 saturated carbocycles. The van der Waals surface area contributed by atoms with Gasteiger partial charge in [0.1, 0.15) is 17.1 Å². The molecule has 1 fully saturated rings. The van der Waals surface area contributed by atoms with E-state index >= 15 is 0 Å². The molecule has 2 heterocycles. The van der Waals surface area contributed by atoms with Crippen molar-refractivity contribution in [2.45, 2.75) is 38.6 Å². The highest BCUT2D eigenvalue weighted by atomic mass is 32.1. The van der Waals surface area contributed by atoms with Crippen LogP contribution in [0.2, 0.25) is 0 Å². The van der Waals surface area contributed by atoms with E-state index in [1.165, 1.54) is 11.3 Å². The molecule has 1 atom stereocenters. The van der Waals surface area contributed by atoms with Crippen molar-refractivity contribution in [3.63, 3.8) is 0 Å². The van der Waals surface area contributed by atoms with Crippen LogP contribution in [0.15, 0.2) is 42.5 Å². The molecule has 4 rings (SSSR count). The molecule has 2 aromatic carbocycles. The van der Waals surface area contributed by atoms with Gasteiger partial charge in [-0.15, -0.1) is 10.2 Å². The number of amides is 4. The molecule has 8 nitrogen and oxygen atoms in total. The van der Waals surface area contributed by atoms with Crippen LogP contribution in [0.1, 0.15) is 37.3 Å². The van der Waals surface area contributed by atoms with Crippen LogP contribution in [0, 0.1) is 0 Å². The van der Waals surface area contributed by atoms with Crippen LogP contribution >= 0.6 is 11.3 Å². The number of aryl methyl sites for hydroxylation is 1. The molecule has 160 valence electrons. The molecular formula is C22H23N5O3S. The summed E-state index contributed by atoms with van der Waals surface area (Å²) in [5.41, 5.74) is -0.575. The third kappa shape index (κ3) is 4.13. The van der Waals surface area contributed by atoms with Gasteiger partial charge in [0.15, 0.2) is 0 Å². The van der Waals surface area contributed by atoms with E-state index < -0.39 is 29.9 Å². The lowest BCUT2D eigenvalue weighted by Gasteiger charge is -2.22. The number of anilines is 1. The summed E-state index contributed by atoms with van der Waals surface area (Å²) >= 11 is 1.30. The van der Waals surface area contributed by atoms with Crippen molar-refractivity contribution in [2.75, 3.05) is 11.9 Å². The zero-order valence-corrected chi connectivity index (χ0v) is 18.2. The van der Waals surface area contributed by atoms with Crippen molar-refractivity contribution >= 4 is 45.1 Å². The summed E-state index contributed by atoms with van der Waals surface area (Å²) in [7, 11) is 0. The van der Waals surface area contributed by atoms with Crippen LogP contribution in [0.3, 0.4) is 0 Å². The summed E-state index contributed by atoms with van der Waals surface area (Å²) in [6.45, 7) is 3.35. The lowest BCUT2D eigenvalue weighted by atomic mass is 9.90. The molecule has 1 saturated heterocycles. The first-order valence-electron chi connectivity index (χ1n) is 10.2. The van der Waals surface area contributed by atoms with Crippen molar-refractivity contribution in [3.05, 3.63) is 53.0 Å². The monoisotopic (exact) mass is 437 g/mol. The second kappa shape index (κ2) is 8.43. The predicted molar refractivity (Wildman–Crippen MR) is 119 cm³/mol. The van der Waals surface area contributed by atoms with E-state index in [1.54, 1.807) is 6.92 Å². The van der Waals surface area contributed by atoms with Crippen LogP contribution in [0.25, 0.3) is 10.8 Å². The van der Waals surface area contributed by atoms with Crippen LogP contribution in [0.5, 0.6) is 0 Å². The molecule has 1 aliphatic heterocycles. The van der Waals surface area contributed by atoms with Crippen molar-refractivity contribution in [1.29, 1.82) is 0 Å². The normalized spacial score (nSPS) is 18.5. The van der Waals surface area contributed by atoms with E-state index in [1.807, 2.05) is 42.5 Å². The van der Waals surface area contributed by atoms with Gasteiger partial charge in [-0.05, 0) is 35.7 Å². The summed E-state index contributed by atoms with van der Waals surface area (Å²) in [6.07, 6.45) is 2.85. The summed E-state index contributed by atoms with van der Waals surface area (Å²) in [5, 5.41) is 16.6. The van der Waals surface area contributed by atoms with Gasteiger partial charge in [0.2, 0.25) is 11.0 Å². The molecule has 1 aromatic heterocycles. The number of hydrogen-bond acceptors (Lipinski definition) is 6. The number of carbonyl (C=O) groups is 3. The van der Waals surface area contributed by atoms with Crippen molar-refractivity contribution < 1.29 is 14.4 Å². The van der Waals surface area contributed by atoms with Gasteiger partial charge in [-0.2, -0.15) is 0 Å². The highest BCUT2D eigenvalue weighted by Crippen LogP contribution is 2.31. The zero-order chi connectivity index (χ0) is 22.0. The standard InChI is InChI=1S/C22H23N5O3S/c1-3-4-9-18-25-26-20(31-18)23-17(28)13-27-19(29)22(2,24-21(27)30)16-11-10-14-7-5-6-8-15(14)12-16/h5-8,10-12H,3-4,9,13H2,1-2H3,(H,24,30)(H,23,26,28). The number of urea groups is 1. The van der Waals surface area contributed by atoms with Gasteiger partial charge in [-0.25, -0.2) is 4.79 Å². The first-order chi connectivity index (χ1) is 14.9. The third-order valence-electron chi connectivity index (χ3n) is 5.36. The Balaban J connectivity index is 1.47. The van der Waals surface area contributed by atoms with Crippen LogP contribution in [-0.4, -0.2) is 39.5 Å². The quantitative estimate of drug-likeness (QED) is 0.551. The number of aromatic nitrogens is 2. The maximum absolute atomic E-state index is 13.1. The Labute approximate surface area is 183 Å². The molecule has 0 bridgehead atoms. The topological polar surface area (TPSA) is 104 Å². The number of rotatable bonds is 7. The Morgan fingerprint density at radius 2 is 1.94 bits per heavy atom. The summed E-state index contributed by atoms with van der Waals surface area (Å²) < 4.78 is 0. The van der Waals surface area contributed by atoms with E-state index in [0.29, 0.717) is 10.7 Å². The molecule has 0 radical (unpaired) electrons. The lowest BCUT2D eigenvalue weighted by Crippen LogP contribution is -2.42. The van der Waals surface area contributed by atoms with Gasteiger partial charge in [0.25, 0.3) is 5.91 Å². The molecule has 4 amide bonds. The van der Waals surface area contributed by atoms with E-state index in [-0.39, 0.29) is 0 Å². The second-order valence-corrected chi connectivity index (χ2v) is 8.72. The minimum absolute atomic E-state index is 0.362. The number of unbranched alkanes of at least 4 members (excludes halogenated alkanes) is 1. The molecule has 31 heavy (non-hydrogen) atoms. The Morgan fingerprint density at radius 3 is 2.71 bits per heavy atom. The number of fused-ring (bicyclic) bond motifs is 1. The first-order valence-corrected chi connectivity index (χ1v) is 11.0. The van der Waals surface area contributed by atoms with Gasteiger partial charge < -0.3 is 5.32 Å². The molecular weight excluding hydrogens is 414 g/mol. The Bertz CT molecular complexity index is 1160. The van der Waals surface area contributed by atoms with Crippen LogP contribution < -0.4 is 10.6 Å². The number of nitrogens with zero attached hydrogens (tertiary/aromatic N) is 3. The highest BCUT2D eigenvalue weighted by Gasteiger charge is 2.49. The fraction of sp³-hybridized carbons (Fsp3) is 0.318. The minimum atomic E-state index is -1.24. The molecule has 9 heteroatoms. The summed E-state index contributed by atoms with van der Waals surface area (Å²) in [5.74, 6) is -0.965. The predicted octanol–water partition coefficient (Wildman–Crippen LogP) is 3.44. The van der Waals surface area contributed by atoms with E-state index in [9.17, 15) is 14.4 Å². The molecule has 2 N–H and O–H groups in total. The highest BCUT2D eigenvalue weighted by molar-refractivity contribution is 7.15. The Kier molecular flexibility index (Phi) is 5.69. The third-order valence-corrected chi connectivity index (χ3v) is 6.26. The zero-order valence-electron chi connectivity index (χ0n) is 17.3. The molecule has 1 unspecified atom stereocenters. The molecule has 0 aliphatic carbocycles. The number of imide groups is 1. The fourth-order valence-electron chi connectivity index (χ4n) is 3.57. The first kappa shape index (κ1) is 20.9. The molecule has 1 aliphatic rings. The van der Waals surface area contributed by atoms with E-state index in [2.05, 4.69) is 27.8 Å². The van der Waals surface area contributed by atoms with Crippen molar-refractivity contribution in [1.82, 2.24) is 20.4 Å². The summed E-state index contributed by atoms with van der Waals surface area (Å²) in [6, 6.07) is 12.8. The Morgan fingerprint density at radius 1 is 1.16 bits per heavy atom. The number of carbonyl (C=O) groups excluding carboxylic acids is 3. The fourth-order valence-corrected chi connectivity index (χ4v) is 4.37. The average molecular weight is 438 g/mol. The average Bonchev–Trinajstić information content (AvgIpc) is 3.29. The van der Waals surface area contributed by atoms with E-state index in [4.69, 9.17) is 0 Å².